The summed E-state index contributed by atoms with van der Waals surface area (Å²) in [5.74, 6) is -0.0996. The summed E-state index contributed by atoms with van der Waals surface area (Å²) < 4.78 is 0. The number of benzene rings is 1. The summed E-state index contributed by atoms with van der Waals surface area (Å²) in [4.78, 5) is 17.9. The molecule has 0 bridgehead atoms. The molecule has 1 unspecified atom stereocenters. The van der Waals surface area contributed by atoms with Gasteiger partial charge in [0.05, 0.1) is 11.5 Å². The van der Waals surface area contributed by atoms with E-state index in [9.17, 15) is 9.90 Å². The van der Waals surface area contributed by atoms with Crippen molar-refractivity contribution in [1.29, 1.82) is 0 Å². The molecule has 1 saturated heterocycles. The molecule has 1 N–H and O–H groups in total. The maximum absolute atomic E-state index is 13.5. The third-order valence-corrected chi connectivity index (χ3v) is 8.01. The van der Waals surface area contributed by atoms with Gasteiger partial charge < -0.3 is 14.9 Å². The SMILES string of the molecule is CCCCC(C(=O)N(C)C1CCCCC1)C1(O)CCN(CCc2ccccc2Cl)CC1. The van der Waals surface area contributed by atoms with Crippen LogP contribution in [0.3, 0.4) is 0 Å². The molecule has 0 aromatic heterocycles. The lowest BCUT2D eigenvalue weighted by Crippen LogP contribution is -2.55. The topological polar surface area (TPSA) is 43.8 Å². The first kappa shape index (κ1) is 24.5. The van der Waals surface area contributed by atoms with Gasteiger partial charge in [0.2, 0.25) is 5.91 Å². The van der Waals surface area contributed by atoms with E-state index in [0.717, 1.165) is 63.2 Å². The highest BCUT2D eigenvalue weighted by molar-refractivity contribution is 6.31. The molecule has 1 saturated carbocycles. The lowest BCUT2D eigenvalue weighted by Gasteiger charge is -2.44. The van der Waals surface area contributed by atoms with Crippen molar-refractivity contribution in [1.82, 2.24) is 9.80 Å². The molecule has 31 heavy (non-hydrogen) atoms. The second-order valence-corrected chi connectivity index (χ2v) is 10.1. The van der Waals surface area contributed by atoms with E-state index < -0.39 is 5.60 Å². The molecule has 4 nitrogen and oxygen atoms in total. The number of hydrogen-bond donors (Lipinski definition) is 1. The Morgan fingerprint density at radius 1 is 1.23 bits per heavy atom. The van der Waals surface area contributed by atoms with Gasteiger partial charge in [-0.3, -0.25) is 4.79 Å². The Labute approximate surface area is 193 Å². The second kappa shape index (κ2) is 11.7. The molecule has 3 rings (SSSR count). The van der Waals surface area contributed by atoms with E-state index in [1.165, 1.54) is 24.8 Å². The van der Waals surface area contributed by atoms with Crippen LogP contribution in [0.2, 0.25) is 5.02 Å². The number of halogens is 1. The minimum Gasteiger partial charge on any atom is -0.389 e. The molecule has 174 valence electrons. The zero-order valence-corrected chi connectivity index (χ0v) is 20.2. The van der Waals surface area contributed by atoms with Crippen molar-refractivity contribution in [2.45, 2.75) is 89.2 Å². The molecule has 1 heterocycles. The number of carbonyl (C=O) groups excluding carboxylic acids is 1. The minimum atomic E-state index is -0.879. The van der Waals surface area contributed by atoms with Crippen molar-refractivity contribution in [3.05, 3.63) is 34.9 Å². The molecular formula is C26H41ClN2O2. The van der Waals surface area contributed by atoms with Crippen molar-refractivity contribution >= 4 is 17.5 Å². The number of piperidine rings is 1. The maximum Gasteiger partial charge on any atom is 0.228 e. The van der Waals surface area contributed by atoms with Gasteiger partial charge in [-0.1, -0.05) is 68.8 Å². The molecule has 0 spiro atoms. The molecule has 5 heteroatoms. The zero-order chi connectivity index (χ0) is 22.3. The molecule has 0 radical (unpaired) electrons. The molecule has 1 atom stereocenters. The molecule has 1 amide bonds. The summed E-state index contributed by atoms with van der Waals surface area (Å²) in [5, 5.41) is 12.5. The van der Waals surface area contributed by atoms with Crippen LogP contribution in [0.1, 0.15) is 76.7 Å². The van der Waals surface area contributed by atoms with E-state index >= 15 is 0 Å². The Bertz CT molecular complexity index is 696. The van der Waals surface area contributed by atoms with E-state index in [0.29, 0.717) is 18.9 Å². The van der Waals surface area contributed by atoms with Crippen molar-refractivity contribution in [3.63, 3.8) is 0 Å². The summed E-state index contributed by atoms with van der Waals surface area (Å²) in [5.41, 5.74) is 0.297. The number of likely N-dealkylation sites (tertiary alicyclic amines) is 1. The second-order valence-electron chi connectivity index (χ2n) is 9.72. The molecule has 1 aliphatic heterocycles. The number of amides is 1. The summed E-state index contributed by atoms with van der Waals surface area (Å²) in [6, 6.07) is 8.37. The summed E-state index contributed by atoms with van der Waals surface area (Å²) in [7, 11) is 1.97. The Kier molecular flexibility index (Phi) is 9.24. The van der Waals surface area contributed by atoms with E-state index in [4.69, 9.17) is 11.6 Å². The highest BCUT2D eigenvalue weighted by Crippen LogP contribution is 2.36. The molecular weight excluding hydrogens is 408 g/mol. The Morgan fingerprint density at radius 3 is 2.55 bits per heavy atom. The van der Waals surface area contributed by atoms with Gasteiger partial charge in [-0.15, -0.1) is 0 Å². The lowest BCUT2D eigenvalue weighted by molar-refractivity contribution is -0.152. The number of nitrogens with zero attached hydrogens (tertiary/aromatic N) is 2. The van der Waals surface area contributed by atoms with Gasteiger partial charge in [0, 0.05) is 37.7 Å². The van der Waals surface area contributed by atoms with Crippen LogP contribution in [0.5, 0.6) is 0 Å². The monoisotopic (exact) mass is 448 g/mol. The van der Waals surface area contributed by atoms with Gasteiger partial charge >= 0.3 is 0 Å². The first-order chi connectivity index (χ1) is 14.9. The molecule has 2 fully saturated rings. The number of aliphatic hydroxyl groups is 1. The summed E-state index contributed by atoms with van der Waals surface area (Å²) in [6.07, 6.45) is 11.0. The fraction of sp³-hybridized carbons (Fsp3) is 0.731. The van der Waals surface area contributed by atoms with E-state index in [1.54, 1.807) is 0 Å². The predicted octanol–water partition coefficient (Wildman–Crippen LogP) is 5.31. The summed E-state index contributed by atoms with van der Waals surface area (Å²) in [6.45, 7) is 4.77. The Morgan fingerprint density at radius 2 is 1.90 bits per heavy atom. The van der Waals surface area contributed by atoms with Crippen LogP contribution in [-0.4, -0.2) is 59.1 Å². The van der Waals surface area contributed by atoms with Gasteiger partial charge in [-0.05, 0) is 50.2 Å². The normalized spacial score (nSPS) is 21.0. The zero-order valence-electron chi connectivity index (χ0n) is 19.5. The van der Waals surface area contributed by atoms with Crippen LogP contribution in [0, 0.1) is 5.92 Å². The fourth-order valence-electron chi connectivity index (χ4n) is 5.42. The molecule has 2 aliphatic rings. The van der Waals surface area contributed by atoms with E-state index in [1.807, 2.05) is 30.1 Å². The average Bonchev–Trinajstić information content (AvgIpc) is 2.80. The van der Waals surface area contributed by atoms with Gasteiger partial charge in [-0.2, -0.15) is 0 Å². The van der Waals surface area contributed by atoms with E-state index in [-0.39, 0.29) is 11.8 Å². The predicted molar refractivity (Wildman–Crippen MR) is 128 cm³/mol. The lowest BCUT2D eigenvalue weighted by atomic mass is 9.75. The van der Waals surface area contributed by atoms with Crippen LogP contribution >= 0.6 is 11.6 Å². The van der Waals surface area contributed by atoms with Crippen molar-refractivity contribution in [3.8, 4) is 0 Å². The van der Waals surface area contributed by atoms with Gasteiger partial charge in [0.1, 0.15) is 0 Å². The summed E-state index contributed by atoms with van der Waals surface area (Å²) >= 11 is 6.31. The first-order valence-corrected chi connectivity index (χ1v) is 12.8. The van der Waals surface area contributed by atoms with Crippen molar-refractivity contribution in [2.24, 2.45) is 5.92 Å². The van der Waals surface area contributed by atoms with Crippen LogP contribution in [0.4, 0.5) is 0 Å². The highest BCUT2D eigenvalue weighted by atomic mass is 35.5. The van der Waals surface area contributed by atoms with Crippen LogP contribution in [-0.2, 0) is 11.2 Å². The van der Waals surface area contributed by atoms with Crippen molar-refractivity contribution < 1.29 is 9.90 Å². The number of unbranched alkanes of at least 4 members (excludes halogenated alkanes) is 1. The highest BCUT2D eigenvalue weighted by Gasteiger charge is 2.44. The first-order valence-electron chi connectivity index (χ1n) is 12.4. The number of hydrogen-bond acceptors (Lipinski definition) is 3. The maximum atomic E-state index is 13.5. The minimum absolute atomic E-state index is 0.173. The smallest absolute Gasteiger partial charge is 0.228 e. The standard InChI is InChI=1S/C26H41ClN2O2/c1-3-4-13-23(25(30)28(2)22-11-6-5-7-12-22)26(31)16-19-29(20-17-26)18-15-21-10-8-9-14-24(21)27/h8-10,14,22-23,31H,3-7,11-13,15-20H2,1-2H3. The number of rotatable bonds is 9. The Hall–Kier alpha value is -1.10. The molecule has 1 aliphatic carbocycles. The largest absolute Gasteiger partial charge is 0.389 e. The average molecular weight is 449 g/mol. The van der Waals surface area contributed by atoms with Crippen LogP contribution < -0.4 is 0 Å². The van der Waals surface area contributed by atoms with Gasteiger partial charge in [-0.25, -0.2) is 0 Å². The molecule has 1 aromatic carbocycles. The van der Waals surface area contributed by atoms with Crippen LogP contribution in [0.25, 0.3) is 0 Å². The third-order valence-electron chi connectivity index (χ3n) is 7.64. The van der Waals surface area contributed by atoms with E-state index in [2.05, 4.69) is 17.9 Å². The van der Waals surface area contributed by atoms with Crippen molar-refractivity contribution in [2.75, 3.05) is 26.7 Å². The fourth-order valence-corrected chi connectivity index (χ4v) is 5.65. The molecule has 1 aromatic rings. The quantitative estimate of drug-likeness (QED) is 0.556. The number of carbonyl (C=O) groups is 1. The van der Waals surface area contributed by atoms with Crippen LogP contribution in [0.15, 0.2) is 24.3 Å². The van der Waals surface area contributed by atoms with Gasteiger partial charge in [0.15, 0.2) is 0 Å². The third kappa shape index (κ3) is 6.46. The van der Waals surface area contributed by atoms with Gasteiger partial charge in [0.25, 0.3) is 0 Å². The Balaban J connectivity index is 1.59.